The van der Waals surface area contributed by atoms with Crippen molar-refractivity contribution in [3.8, 4) is 12.3 Å². The molecule has 3 aliphatic rings. The van der Waals surface area contributed by atoms with E-state index in [0.717, 1.165) is 0 Å². The Kier molecular flexibility index (Phi) is 0.465. The van der Waals surface area contributed by atoms with Gasteiger partial charge in [-0.25, -0.2) is 0 Å². The Hall–Kier alpha value is -0.440. The SMILES string of the molecule is C#CC12CC(C)(C1)C2. The highest BCUT2D eigenvalue weighted by atomic mass is 14.7. The van der Waals surface area contributed by atoms with E-state index in [2.05, 4.69) is 12.8 Å². The van der Waals surface area contributed by atoms with Gasteiger partial charge in [0.15, 0.2) is 0 Å². The maximum atomic E-state index is 5.31. The van der Waals surface area contributed by atoms with Crippen LogP contribution in [0.25, 0.3) is 0 Å². The maximum Gasteiger partial charge on any atom is 0.0327 e. The predicted octanol–water partition coefficient (Wildman–Crippen LogP) is 1.81. The van der Waals surface area contributed by atoms with Crippen LogP contribution < -0.4 is 0 Å². The van der Waals surface area contributed by atoms with Crippen molar-refractivity contribution in [3.63, 3.8) is 0 Å². The van der Waals surface area contributed by atoms with Crippen LogP contribution in [0.2, 0.25) is 0 Å². The lowest BCUT2D eigenvalue weighted by Crippen LogP contribution is -2.58. The van der Waals surface area contributed by atoms with Crippen molar-refractivity contribution in [1.29, 1.82) is 0 Å². The quantitative estimate of drug-likeness (QED) is 0.413. The van der Waals surface area contributed by atoms with Crippen LogP contribution in [0.1, 0.15) is 26.2 Å². The van der Waals surface area contributed by atoms with E-state index in [0.29, 0.717) is 10.8 Å². The fourth-order valence-electron chi connectivity index (χ4n) is 2.45. The van der Waals surface area contributed by atoms with E-state index in [1.807, 2.05) is 0 Å². The monoisotopic (exact) mass is 106 g/mol. The van der Waals surface area contributed by atoms with Crippen LogP contribution in [0.5, 0.6) is 0 Å². The van der Waals surface area contributed by atoms with Gasteiger partial charge in [0.05, 0.1) is 0 Å². The maximum absolute atomic E-state index is 5.31. The van der Waals surface area contributed by atoms with Crippen LogP contribution in [-0.2, 0) is 0 Å². The van der Waals surface area contributed by atoms with Crippen LogP contribution in [0.3, 0.4) is 0 Å². The summed E-state index contributed by atoms with van der Waals surface area (Å²) < 4.78 is 0. The first kappa shape index (κ1) is 4.44. The largest absolute Gasteiger partial charge is 0.120 e. The number of hydrogen-bond acceptors (Lipinski definition) is 0. The molecule has 0 spiro atoms. The Morgan fingerprint density at radius 3 is 2.00 bits per heavy atom. The van der Waals surface area contributed by atoms with E-state index in [1.165, 1.54) is 19.3 Å². The standard InChI is InChI=1S/C8H10/c1-3-8-4-7(2,5-8)6-8/h1H,4-6H2,2H3. The zero-order valence-electron chi connectivity index (χ0n) is 5.20. The van der Waals surface area contributed by atoms with Crippen LogP contribution in [0.4, 0.5) is 0 Å². The molecule has 3 fully saturated rings. The predicted molar refractivity (Wildman–Crippen MR) is 33.2 cm³/mol. The third-order valence-corrected chi connectivity index (χ3v) is 2.60. The Morgan fingerprint density at radius 1 is 1.38 bits per heavy atom. The zero-order chi connectivity index (χ0) is 5.83. The van der Waals surface area contributed by atoms with Gasteiger partial charge in [0.1, 0.15) is 0 Å². The molecule has 0 radical (unpaired) electrons. The first-order valence-electron chi connectivity index (χ1n) is 3.16. The molecule has 0 aliphatic heterocycles. The highest BCUT2D eigenvalue weighted by Gasteiger charge is 2.64. The van der Waals surface area contributed by atoms with Gasteiger partial charge in [-0.1, -0.05) is 12.8 Å². The van der Waals surface area contributed by atoms with Gasteiger partial charge in [-0.3, -0.25) is 0 Å². The van der Waals surface area contributed by atoms with Crippen molar-refractivity contribution in [2.75, 3.05) is 0 Å². The molecule has 3 saturated carbocycles. The molecule has 8 heavy (non-hydrogen) atoms. The minimum absolute atomic E-state index is 0.398. The molecule has 0 aromatic rings. The van der Waals surface area contributed by atoms with Crippen LogP contribution >= 0.6 is 0 Å². The molecule has 0 atom stereocenters. The Bertz CT molecular complexity index is 151. The minimum atomic E-state index is 0.398. The highest BCUT2D eigenvalue weighted by molar-refractivity contribution is 5.27. The molecule has 0 heterocycles. The summed E-state index contributed by atoms with van der Waals surface area (Å²) in [5.74, 6) is 2.87. The molecule has 0 nitrogen and oxygen atoms in total. The minimum Gasteiger partial charge on any atom is -0.120 e. The van der Waals surface area contributed by atoms with Crippen LogP contribution in [-0.4, -0.2) is 0 Å². The summed E-state index contributed by atoms with van der Waals surface area (Å²) in [6.07, 6.45) is 9.22. The van der Waals surface area contributed by atoms with Gasteiger partial charge in [-0.05, 0) is 24.7 Å². The average molecular weight is 106 g/mol. The lowest BCUT2D eigenvalue weighted by Gasteiger charge is -2.67. The van der Waals surface area contributed by atoms with Gasteiger partial charge in [0.25, 0.3) is 0 Å². The molecule has 0 N–H and O–H groups in total. The van der Waals surface area contributed by atoms with E-state index >= 15 is 0 Å². The van der Waals surface area contributed by atoms with Gasteiger partial charge >= 0.3 is 0 Å². The normalized spacial score (nSPS) is 58.0. The fraction of sp³-hybridized carbons (Fsp3) is 0.750. The molecule has 42 valence electrons. The smallest absolute Gasteiger partial charge is 0.0327 e. The third kappa shape index (κ3) is 0.274. The summed E-state index contributed by atoms with van der Waals surface area (Å²) in [6, 6.07) is 0. The van der Waals surface area contributed by atoms with E-state index < -0.39 is 0 Å². The van der Waals surface area contributed by atoms with Crippen LogP contribution in [0.15, 0.2) is 0 Å². The molecule has 0 aromatic heterocycles. The number of terminal acetylenes is 1. The van der Waals surface area contributed by atoms with E-state index in [4.69, 9.17) is 6.42 Å². The highest BCUT2D eigenvalue weighted by Crippen LogP contribution is 2.72. The summed E-state index contributed by atoms with van der Waals surface area (Å²) in [7, 11) is 0. The Morgan fingerprint density at radius 2 is 1.88 bits per heavy atom. The van der Waals surface area contributed by atoms with Crippen molar-refractivity contribution in [2.24, 2.45) is 10.8 Å². The summed E-state index contributed by atoms with van der Waals surface area (Å²) in [4.78, 5) is 0. The second-order valence-corrected chi connectivity index (χ2v) is 3.77. The molecular weight excluding hydrogens is 96.1 g/mol. The molecular formula is C8H10. The lowest BCUT2D eigenvalue weighted by atomic mass is 9.36. The Labute approximate surface area is 50.3 Å². The van der Waals surface area contributed by atoms with Gasteiger partial charge in [0, 0.05) is 5.41 Å². The van der Waals surface area contributed by atoms with Crippen molar-refractivity contribution in [2.45, 2.75) is 26.2 Å². The topological polar surface area (TPSA) is 0 Å². The van der Waals surface area contributed by atoms with Gasteiger partial charge < -0.3 is 0 Å². The van der Waals surface area contributed by atoms with Crippen molar-refractivity contribution < 1.29 is 0 Å². The molecule has 2 bridgehead atoms. The van der Waals surface area contributed by atoms with Crippen molar-refractivity contribution in [3.05, 3.63) is 0 Å². The average Bonchev–Trinajstić information content (AvgIpc) is 1.55. The lowest BCUT2D eigenvalue weighted by molar-refractivity contribution is -0.146. The van der Waals surface area contributed by atoms with E-state index in [1.54, 1.807) is 0 Å². The second-order valence-electron chi connectivity index (χ2n) is 3.77. The van der Waals surface area contributed by atoms with Gasteiger partial charge in [-0.2, -0.15) is 0 Å². The first-order valence-corrected chi connectivity index (χ1v) is 3.16. The third-order valence-electron chi connectivity index (χ3n) is 2.60. The zero-order valence-corrected chi connectivity index (χ0v) is 5.20. The summed E-state index contributed by atoms with van der Waals surface area (Å²) in [6.45, 7) is 2.33. The van der Waals surface area contributed by atoms with Crippen molar-refractivity contribution >= 4 is 0 Å². The number of rotatable bonds is 0. The Balaban J connectivity index is 2.17. The molecule has 3 aliphatic carbocycles. The molecule has 3 rings (SSSR count). The fourth-order valence-corrected chi connectivity index (χ4v) is 2.45. The van der Waals surface area contributed by atoms with Gasteiger partial charge in [-0.15, -0.1) is 6.42 Å². The van der Waals surface area contributed by atoms with E-state index in [9.17, 15) is 0 Å². The summed E-state index contributed by atoms with van der Waals surface area (Å²) in [5, 5.41) is 0. The first-order chi connectivity index (χ1) is 3.68. The molecule has 0 aromatic carbocycles. The van der Waals surface area contributed by atoms with Crippen LogP contribution in [0, 0.1) is 23.2 Å². The van der Waals surface area contributed by atoms with E-state index in [-0.39, 0.29) is 0 Å². The molecule has 0 unspecified atom stereocenters. The summed E-state index contributed by atoms with van der Waals surface area (Å²) >= 11 is 0. The summed E-state index contributed by atoms with van der Waals surface area (Å²) in [5.41, 5.74) is 1.08. The van der Waals surface area contributed by atoms with Gasteiger partial charge in [0.2, 0.25) is 0 Å². The molecule has 0 amide bonds. The second kappa shape index (κ2) is 0.838. The van der Waals surface area contributed by atoms with Crippen molar-refractivity contribution in [1.82, 2.24) is 0 Å². The molecule has 0 heteroatoms. The molecule has 0 saturated heterocycles. The number of hydrogen-bond donors (Lipinski definition) is 0.